The highest BCUT2D eigenvalue weighted by Gasteiger charge is 2.34. The number of ether oxygens (including phenoxy) is 1. The zero-order valence-electron chi connectivity index (χ0n) is 17.1. The smallest absolute Gasteiger partial charge is 0.140 e. The van der Waals surface area contributed by atoms with Crippen LogP contribution >= 0.6 is 0 Å². The van der Waals surface area contributed by atoms with E-state index in [-0.39, 0.29) is 11.6 Å². The lowest BCUT2D eigenvalue weighted by Crippen LogP contribution is -2.58. The van der Waals surface area contributed by atoms with Gasteiger partial charge in [0.15, 0.2) is 0 Å². The van der Waals surface area contributed by atoms with Crippen LogP contribution in [-0.4, -0.2) is 43.0 Å². The molecule has 1 saturated carbocycles. The SMILES string of the molecule is COC1CCN(NC2(C)CCCCCCCCC(C)(C)CC2)CC1F. The standard InChI is InChI=1S/C21H41FN2O/c1-20(2)12-9-7-5-6-8-10-13-21(3,15-14-20)23-24-16-11-19(25-4)18(22)17-24/h18-19,23H,5-17H2,1-4H3. The zero-order valence-corrected chi connectivity index (χ0v) is 17.1. The van der Waals surface area contributed by atoms with Crippen molar-refractivity contribution in [1.82, 2.24) is 10.4 Å². The van der Waals surface area contributed by atoms with Gasteiger partial charge >= 0.3 is 0 Å². The molecule has 25 heavy (non-hydrogen) atoms. The van der Waals surface area contributed by atoms with Crippen LogP contribution in [0.15, 0.2) is 0 Å². The second-order valence-corrected chi connectivity index (χ2v) is 9.48. The maximum atomic E-state index is 14.3. The van der Waals surface area contributed by atoms with Gasteiger partial charge in [0.1, 0.15) is 6.17 Å². The Labute approximate surface area is 155 Å². The Morgan fingerprint density at radius 2 is 1.56 bits per heavy atom. The zero-order chi connectivity index (χ0) is 18.3. The quantitative estimate of drug-likeness (QED) is 0.747. The third kappa shape index (κ3) is 7.15. The third-order valence-electron chi connectivity index (χ3n) is 6.40. The fraction of sp³-hybridized carbons (Fsp3) is 1.00. The van der Waals surface area contributed by atoms with Gasteiger partial charge in [0.25, 0.3) is 0 Å². The molecule has 1 heterocycles. The Kier molecular flexibility index (Phi) is 8.16. The molecule has 1 N–H and O–H groups in total. The molecule has 1 aliphatic heterocycles. The summed E-state index contributed by atoms with van der Waals surface area (Å²) in [6.45, 7) is 8.50. The monoisotopic (exact) mass is 356 g/mol. The molecule has 0 aromatic heterocycles. The summed E-state index contributed by atoms with van der Waals surface area (Å²) in [6, 6.07) is 0. The first-order chi connectivity index (χ1) is 11.8. The summed E-state index contributed by atoms with van der Waals surface area (Å²) in [6.07, 6.45) is 12.7. The largest absolute Gasteiger partial charge is 0.378 e. The van der Waals surface area contributed by atoms with Gasteiger partial charge in [-0.2, -0.15) is 0 Å². The third-order valence-corrected chi connectivity index (χ3v) is 6.40. The van der Waals surface area contributed by atoms with Gasteiger partial charge < -0.3 is 4.74 Å². The van der Waals surface area contributed by atoms with E-state index < -0.39 is 6.17 Å². The lowest BCUT2D eigenvalue weighted by molar-refractivity contribution is -0.0502. The van der Waals surface area contributed by atoms with E-state index in [4.69, 9.17) is 4.74 Å². The molecule has 1 aliphatic carbocycles. The predicted octanol–water partition coefficient (Wildman–Crippen LogP) is 5.25. The first-order valence-corrected chi connectivity index (χ1v) is 10.5. The van der Waals surface area contributed by atoms with Crippen LogP contribution < -0.4 is 5.43 Å². The molecule has 2 rings (SSSR count). The average molecular weight is 357 g/mol. The molecule has 0 aromatic rings. The van der Waals surface area contributed by atoms with Crippen molar-refractivity contribution in [3.63, 3.8) is 0 Å². The van der Waals surface area contributed by atoms with Crippen LogP contribution in [0.5, 0.6) is 0 Å². The molecule has 2 aliphatic rings. The Morgan fingerprint density at radius 1 is 0.920 bits per heavy atom. The van der Waals surface area contributed by atoms with Crippen molar-refractivity contribution < 1.29 is 9.13 Å². The molecule has 3 atom stereocenters. The minimum Gasteiger partial charge on any atom is -0.378 e. The maximum absolute atomic E-state index is 14.3. The number of alkyl halides is 1. The molecular formula is C21H41FN2O. The van der Waals surface area contributed by atoms with Crippen molar-refractivity contribution in [2.24, 2.45) is 5.41 Å². The summed E-state index contributed by atoms with van der Waals surface area (Å²) in [5.74, 6) is 0. The van der Waals surface area contributed by atoms with Crippen molar-refractivity contribution in [2.75, 3.05) is 20.2 Å². The minimum absolute atomic E-state index is 0.0795. The van der Waals surface area contributed by atoms with Gasteiger partial charge in [-0.3, -0.25) is 0 Å². The highest BCUT2D eigenvalue weighted by Crippen LogP contribution is 2.34. The summed E-state index contributed by atoms with van der Waals surface area (Å²) in [5.41, 5.74) is 4.23. The highest BCUT2D eigenvalue weighted by molar-refractivity contribution is 4.88. The lowest BCUT2D eigenvalue weighted by Gasteiger charge is -2.42. The minimum atomic E-state index is -0.891. The molecule has 1 saturated heterocycles. The van der Waals surface area contributed by atoms with Crippen LogP contribution in [0.3, 0.4) is 0 Å². The molecule has 0 spiro atoms. The van der Waals surface area contributed by atoms with Gasteiger partial charge in [0.05, 0.1) is 6.10 Å². The second kappa shape index (κ2) is 9.66. The summed E-state index contributed by atoms with van der Waals surface area (Å²) < 4.78 is 19.5. The highest BCUT2D eigenvalue weighted by atomic mass is 19.1. The van der Waals surface area contributed by atoms with E-state index in [0.29, 0.717) is 12.0 Å². The second-order valence-electron chi connectivity index (χ2n) is 9.48. The molecule has 3 unspecified atom stereocenters. The number of hydrogen-bond donors (Lipinski definition) is 1. The van der Waals surface area contributed by atoms with E-state index in [1.807, 2.05) is 0 Å². The number of nitrogens with zero attached hydrogens (tertiary/aromatic N) is 1. The maximum Gasteiger partial charge on any atom is 0.140 e. The Bertz CT molecular complexity index is 390. The van der Waals surface area contributed by atoms with Crippen molar-refractivity contribution >= 4 is 0 Å². The molecule has 0 radical (unpaired) electrons. The van der Waals surface area contributed by atoms with Crippen molar-refractivity contribution in [3.05, 3.63) is 0 Å². The first-order valence-electron chi connectivity index (χ1n) is 10.5. The number of nitrogens with one attached hydrogen (secondary N) is 1. The van der Waals surface area contributed by atoms with Crippen molar-refractivity contribution in [2.45, 2.75) is 109 Å². The van der Waals surface area contributed by atoms with E-state index in [2.05, 4.69) is 31.2 Å². The van der Waals surface area contributed by atoms with Crippen LogP contribution in [0.25, 0.3) is 0 Å². The van der Waals surface area contributed by atoms with Gasteiger partial charge in [0.2, 0.25) is 0 Å². The van der Waals surface area contributed by atoms with E-state index in [1.54, 1.807) is 7.11 Å². The molecule has 0 bridgehead atoms. The van der Waals surface area contributed by atoms with E-state index in [1.165, 1.54) is 64.2 Å². The molecule has 0 amide bonds. The Balaban J connectivity index is 1.95. The van der Waals surface area contributed by atoms with Gasteiger partial charge in [-0.15, -0.1) is 0 Å². The molecular weight excluding hydrogens is 315 g/mol. The fourth-order valence-corrected chi connectivity index (χ4v) is 4.43. The Morgan fingerprint density at radius 3 is 2.20 bits per heavy atom. The number of hydrogen-bond acceptors (Lipinski definition) is 3. The van der Waals surface area contributed by atoms with Gasteiger partial charge in [-0.1, -0.05) is 52.4 Å². The summed E-state index contributed by atoms with van der Waals surface area (Å²) in [4.78, 5) is 0. The van der Waals surface area contributed by atoms with Gasteiger partial charge in [0, 0.05) is 25.7 Å². The normalized spacial score (nSPS) is 36.4. The molecule has 0 aromatic carbocycles. The number of hydrazine groups is 1. The number of piperidine rings is 1. The average Bonchev–Trinajstić information content (AvgIpc) is 2.55. The van der Waals surface area contributed by atoms with E-state index in [9.17, 15) is 4.39 Å². The fourth-order valence-electron chi connectivity index (χ4n) is 4.43. The lowest BCUT2D eigenvalue weighted by atomic mass is 9.77. The van der Waals surface area contributed by atoms with E-state index in [0.717, 1.165) is 13.0 Å². The molecule has 148 valence electrons. The Hall–Kier alpha value is -0.190. The number of halogens is 1. The predicted molar refractivity (Wildman–Crippen MR) is 103 cm³/mol. The van der Waals surface area contributed by atoms with Crippen molar-refractivity contribution in [1.29, 1.82) is 0 Å². The molecule has 2 fully saturated rings. The van der Waals surface area contributed by atoms with Gasteiger partial charge in [-0.25, -0.2) is 14.8 Å². The van der Waals surface area contributed by atoms with E-state index >= 15 is 0 Å². The summed E-state index contributed by atoms with van der Waals surface area (Å²) in [7, 11) is 1.62. The van der Waals surface area contributed by atoms with Crippen LogP contribution in [-0.2, 0) is 4.74 Å². The van der Waals surface area contributed by atoms with Crippen LogP contribution in [0.4, 0.5) is 4.39 Å². The topological polar surface area (TPSA) is 24.5 Å². The van der Waals surface area contributed by atoms with Crippen LogP contribution in [0, 0.1) is 5.41 Å². The number of methoxy groups -OCH3 is 1. The number of rotatable bonds is 3. The molecule has 3 nitrogen and oxygen atoms in total. The molecule has 4 heteroatoms. The van der Waals surface area contributed by atoms with Gasteiger partial charge in [-0.05, 0) is 44.4 Å². The summed E-state index contributed by atoms with van der Waals surface area (Å²) >= 11 is 0. The van der Waals surface area contributed by atoms with Crippen LogP contribution in [0.2, 0.25) is 0 Å². The first kappa shape index (κ1) is 21.1. The van der Waals surface area contributed by atoms with Crippen LogP contribution in [0.1, 0.15) is 91.4 Å². The van der Waals surface area contributed by atoms with Crippen molar-refractivity contribution in [3.8, 4) is 0 Å². The summed E-state index contributed by atoms with van der Waals surface area (Å²) in [5, 5.41) is 2.12.